The average molecular weight is 384 g/mol. The summed E-state index contributed by atoms with van der Waals surface area (Å²) in [7, 11) is 0. The van der Waals surface area contributed by atoms with Crippen LogP contribution >= 0.6 is 22.9 Å². The molecule has 0 radical (unpaired) electrons. The van der Waals surface area contributed by atoms with Crippen molar-refractivity contribution in [3.05, 3.63) is 82.0 Å². The van der Waals surface area contributed by atoms with Crippen LogP contribution in [0.3, 0.4) is 0 Å². The quantitative estimate of drug-likeness (QED) is 0.372. The number of para-hydroxylation sites is 1. The molecule has 0 unspecified atom stereocenters. The first-order valence-corrected chi connectivity index (χ1v) is 9.27. The van der Waals surface area contributed by atoms with Crippen LogP contribution in [0.15, 0.2) is 76.8 Å². The smallest absolute Gasteiger partial charge is 0.211 e. The van der Waals surface area contributed by atoms with E-state index in [1.165, 1.54) is 11.3 Å². The minimum absolute atomic E-state index is 0.191. The van der Waals surface area contributed by atoms with Gasteiger partial charge in [-0.05, 0) is 36.8 Å². The third kappa shape index (κ3) is 3.95. The lowest BCUT2D eigenvalue weighted by atomic mass is 10.1. The van der Waals surface area contributed by atoms with Gasteiger partial charge in [0.2, 0.25) is 4.80 Å². The SMILES string of the molecule is C=CCn1c(-c2ccc(Cl)cc2)cs/c1=N\N=C(\C)c1ccccc1O. The lowest BCUT2D eigenvalue weighted by molar-refractivity contribution is 0.474. The van der Waals surface area contributed by atoms with Gasteiger partial charge in [0.05, 0.1) is 11.4 Å². The highest BCUT2D eigenvalue weighted by atomic mass is 35.5. The number of rotatable bonds is 5. The van der Waals surface area contributed by atoms with Crippen molar-refractivity contribution in [3.63, 3.8) is 0 Å². The van der Waals surface area contributed by atoms with Gasteiger partial charge >= 0.3 is 0 Å². The molecular formula is C20H18ClN3OS. The van der Waals surface area contributed by atoms with Crippen molar-refractivity contribution >= 4 is 28.6 Å². The molecule has 26 heavy (non-hydrogen) atoms. The van der Waals surface area contributed by atoms with Crippen molar-refractivity contribution in [2.24, 2.45) is 10.2 Å². The average Bonchev–Trinajstić information content (AvgIpc) is 3.04. The molecule has 1 heterocycles. The van der Waals surface area contributed by atoms with Crippen LogP contribution in [-0.4, -0.2) is 15.4 Å². The molecule has 4 nitrogen and oxygen atoms in total. The Labute approximate surface area is 161 Å². The van der Waals surface area contributed by atoms with Gasteiger partial charge in [-0.3, -0.25) is 0 Å². The van der Waals surface area contributed by atoms with Gasteiger partial charge in [-0.1, -0.05) is 41.9 Å². The number of thiazole rings is 1. The Morgan fingerprint density at radius 1 is 1.23 bits per heavy atom. The summed E-state index contributed by atoms with van der Waals surface area (Å²) in [6, 6.07) is 14.8. The Balaban J connectivity index is 2.03. The van der Waals surface area contributed by atoms with E-state index in [0.717, 1.165) is 16.1 Å². The molecule has 0 bridgehead atoms. The van der Waals surface area contributed by atoms with Crippen LogP contribution in [0.2, 0.25) is 5.02 Å². The molecule has 1 N–H and O–H groups in total. The Bertz CT molecular complexity index is 1020. The van der Waals surface area contributed by atoms with E-state index in [1.807, 2.05) is 59.3 Å². The van der Waals surface area contributed by atoms with E-state index >= 15 is 0 Å². The van der Waals surface area contributed by atoms with Crippen LogP contribution in [0.1, 0.15) is 12.5 Å². The molecule has 3 rings (SSSR count). The fourth-order valence-corrected chi connectivity index (χ4v) is 3.51. The van der Waals surface area contributed by atoms with Crippen molar-refractivity contribution in [2.45, 2.75) is 13.5 Å². The maximum atomic E-state index is 9.94. The van der Waals surface area contributed by atoms with Gasteiger partial charge in [-0.2, -0.15) is 5.10 Å². The first kappa shape index (κ1) is 18.2. The van der Waals surface area contributed by atoms with Crippen LogP contribution < -0.4 is 4.80 Å². The highest BCUT2D eigenvalue weighted by Crippen LogP contribution is 2.22. The van der Waals surface area contributed by atoms with E-state index in [2.05, 4.69) is 16.8 Å². The summed E-state index contributed by atoms with van der Waals surface area (Å²) < 4.78 is 2.04. The van der Waals surface area contributed by atoms with E-state index in [4.69, 9.17) is 11.6 Å². The molecule has 0 spiro atoms. The summed E-state index contributed by atoms with van der Waals surface area (Å²) in [5.74, 6) is 0.191. The summed E-state index contributed by atoms with van der Waals surface area (Å²) in [6.45, 7) is 6.27. The molecule has 0 aliphatic heterocycles. The molecule has 1 aromatic heterocycles. The minimum Gasteiger partial charge on any atom is -0.507 e. The van der Waals surface area contributed by atoms with Gasteiger partial charge in [-0.25, -0.2) is 0 Å². The predicted molar refractivity (Wildman–Crippen MR) is 109 cm³/mol. The van der Waals surface area contributed by atoms with Crippen LogP contribution in [0, 0.1) is 0 Å². The molecule has 0 atom stereocenters. The van der Waals surface area contributed by atoms with Crippen LogP contribution in [0.5, 0.6) is 5.75 Å². The Kier molecular flexibility index (Phi) is 5.71. The van der Waals surface area contributed by atoms with Gasteiger partial charge in [0, 0.05) is 22.5 Å². The number of aromatic nitrogens is 1. The highest BCUT2D eigenvalue weighted by Gasteiger charge is 2.08. The zero-order valence-corrected chi connectivity index (χ0v) is 15.8. The fraction of sp³-hybridized carbons (Fsp3) is 0.100. The van der Waals surface area contributed by atoms with Crippen LogP contribution in [0.25, 0.3) is 11.3 Å². The topological polar surface area (TPSA) is 49.9 Å². The van der Waals surface area contributed by atoms with E-state index in [-0.39, 0.29) is 5.75 Å². The standard InChI is InChI=1S/C20H18ClN3OS/c1-3-12-24-18(15-8-10-16(21)11-9-15)13-26-20(24)23-22-14(2)17-6-4-5-7-19(17)25/h3-11,13,25H,1,12H2,2H3/b22-14-,23-20-. The van der Waals surface area contributed by atoms with E-state index in [0.29, 0.717) is 22.8 Å². The Morgan fingerprint density at radius 2 is 1.96 bits per heavy atom. The maximum absolute atomic E-state index is 9.94. The summed E-state index contributed by atoms with van der Waals surface area (Å²) in [5, 5.41) is 21.4. The first-order chi connectivity index (χ1) is 12.6. The molecule has 3 aromatic rings. The van der Waals surface area contributed by atoms with Crippen molar-refractivity contribution in [2.75, 3.05) is 0 Å². The number of phenols is 1. The van der Waals surface area contributed by atoms with Crippen molar-refractivity contribution in [1.82, 2.24) is 4.57 Å². The molecule has 0 amide bonds. The van der Waals surface area contributed by atoms with Crippen molar-refractivity contribution in [1.29, 1.82) is 0 Å². The van der Waals surface area contributed by atoms with Gasteiger partial charge < -0.3 is 9.67 Å². The van der Waals surface area contributed by atoms with E-state index in [9.17, 15) is 5.11 Å². The number of hydrogen-bond donors (Lipinski definition) is 1. The molecule has 0 aliphatic rings. The van der Waals surface area contributed by atoms with E-state index < -0.39 is 0 Å². The minimum atomic E-state index is 0.191. The number of aromatic hydroxyl groups is 1. The fourth-order valence-electron chi connectivity index (χ4n) is 2.52. The molecule has 0 fully saturated rings. The number of allylic oxidation sites excluding steroid dienone is 1. The van der Waals surface area contributed by atoms with Crippen molar-refractivity contribution < 1.29 is 5.11 Å². The zero-order chi connectivity index (χ0) is 18.5. The first-order valence-electron chi connectivity index (χ1n) is 8.02. The van der Waals surface area contributed by atoms with Gasteiger partial charge in [0.1, 0.15) is 5.75 Å². The van der Waals surface area contributed by atoms with Gasteiger partial charge in [0.25, 0.3) is 0 Å². The summed E-state index contributed by atoms with van der Waals surface area (Å²) in [5.41, 5.74) is 3.40. The zero-order valence-electron chi connectivity index (χ0n) is 14.3. The molecule has 132 valence electrons. The number of nitrogens with zero attached hydrogens (tertiary/aromatic N) is 3. The van der Waals surface area contributed by atoms with E-state index in [1.54, 1.807) is 12.1 Å². The number of phenolic OH excluding ortho intramolecular Hbond substituents is 1. The third-order valence-electron chi connectivity index (χ3n) is 3.83. The predicted octanol–water partition coefficient (Wildman–Crippen LogP) is 5.09. The number of hydrogen-bond acceptors (Lipinski definition) is 4. The number of halogens is 1. The van der Waals surface area contributed by atoms with Gasteiger partial charge in [0.15, 0.2) is 0 Å². The number of benzene rings is 2. The Hall–Kier alpha value is -2.63. The summed E-state index contributed by atoms with van der Waals surface area (Å²) in [4.78, 5) is 0.754. The molecule has 0 saturated carbocycles. The lowest BCUT2D eigenvalue weighted by Gasteiger charge is -2.06. The monoisotopic (exact) mass is 383 g/mol. The summed E-state index contributed by atoms with van der Waals surface area (Å²) >= 11 is 7.49. The lowest BCUT2D eigenvalue weighted by Crippen LogP contribution is -2.15. The summed E-state index contributed by atoms with van der Waals surface area (Å²) in [6.07, 6.45) is 1.82. The second-order valence-corrected chi connectivity index (χ2v) is 6.89. The molecule has 6 heteroatoms. The molecule has 2 aromatic carbocycles. The second-order valence-electron chi connectivity index (χ2n) is 5.61. The second kappa shape index (κ2) is 8.17. The maximum Gasteiger partial charge on any atom is 0.211 e. The Morgan fingerprint density at radius 3 is 2.65 bits per heavy atom. The molecular weight excluding hydrogens is 366 g/mol. The van der Waals surface area contributed by atoms with Gasteiger partial charge in [-0.15, -0.1) is 23.0 Å². The van der Waals surface area contributed by atoms with Crippen LogP contribution in [-0.2, 0) is 6.54 Å². The van der Waals surface area contributed by atoms with Crippen molar-refractivity contribution in [3.8, 4) is 17.0 Å². The molecule has 0 saturated heterocycles. The van der Waals surface area contributed by atoms with Crippen LogP contribution in [0.4, 0.5) is 0 Å². The normalized spacial score (nSPS) is 12.4. The largest absolute Gasteiger partial charge is 0.507 e. The highest BCUT2D eigenvalue weighted by molar-refractivity contribution is 7.07. The third-order valence-corrected chi connectivity index (χ3v) is 4.93. The molecule has 0 aliphatic carbocycles.